The lowest BCUT2D eigenvalue weighted by Gasteiger charge is -2.10. The van der Waals surface area contributed by atoms with Crippen molar-refractivity contribution in [2.24, 2.45) is 5.73 Å². The number of aryl methyl sites for hydroxylation is 3. The van der Waals surface area contributed by atoms with Crippen molar-refractivity contribution in [3.63, 3.8) is 0 Å². The van der Waals surface area contributed by atoms with Gasteiger partial charge in [0, 0.05) is 9.79 Å². The van der Waals surface area contributed by atoms with Crippen LogP contribution in [0.4, 0.5) is 0 Å². The van der Waals surface area contributed by atoms with Crippen LogP contribution in [-0.2, 0) is 6.42 Å². The summed E-state index contributed by atoms with van der Waals surface area (Å²) in [5.74, 6) is 0. The molecule has 2 N–H and O–H groups in total. The predicted molar refractivity (Wildman–Crippen MR) is 84.0 cm³/mol. The minimum Gasteiger partial charge on any atom is -0.330 e. The van der Waals surface area contributed by atoms with Gasteiger partial charge in [-0.15, -0.1) is 0 Å². The van der Waals surface area contributed by atoms with Gasteiger partial charge in [-0.2, -0.15) is 0 Å². The highest BCUT2D eigenvalue weighted by molar-refractivity contribution is 7.99. The maximum atomic E-state index is 5.71. The van der Waals surface area contributed by atoms with Gasteiger partial charge in [0.2, 0.25) is 0 Å². The third kappa shape index (κ3) is 3.62. The second kappa shape index (κ2) is 6.27. The molecule has 1 nitrogen and oxygen atoms in total. The lowest BCUT2D eigenvalue weighted by molar-refractivity contribution is 0.941. The van der Waals surface area contributed by atoms with Crippen LogP contribution in [0.3, 0.4) is 0 Å². The molecule has 2 heteroatoms. The number of nitrogens with two attached hydrogens (primary N) is 1. The Hall–Kier alpha value is -1.25. The minimum absolute atomic E-state index is 0.698. The molecule has 2 aromatic rings. The van der Waals surface area contributed by atoms with Crippen molar-refractivity contribution in [2.45, 2.75) is 37.0 Å². The molecule has 0 unspecified atom stereocenters. The van der Waals surface area contributed by atoms with Gasteiger partial charge in [-0.3, -0.25) is 0 Å². The first-order valence-corrected chi connectivity index (χ1v) is 7.46. The molecule has 0 saturated carbocycles. The molecule has 0 amide bonds. The Morgan fingerprint density at radius 3 is 2.42 bits per heavy atom. The summed E-state index contributed by atoms with van der Waals surface area (Å²) in [6.45, 7) is 7.14. The molecule has 0 aliphatic carbocycles. The largest absolute Gasteiger partial charge is 0.330 e. The summed E-state index contributed by atoms with van der Waals surface area (Å²) in [6, 6.07) is 13.3. The molecule has 0 bridgehead atoms. The Labute approximate surface area is 120 Å². The highest BCUT2D eigenvalue weighted by atomic mass is 32.2. The van der Waals surface area contributed by atoms with Gasteiger partial charge in [-0.05, 0) is 68.6 Å². The average Bonchev–Trinajstić information content (AvgIpc) is 2.37. The van der Waals surface area contributed by atoms with E-state index in [1.54, 1.807) is 0 Å². The summed E-state index contributed by atoms with van der Waals surface area (Å²) < 4.78 is 0. The van der Waals surface area contributed by atoms with Crippen LogP contribution in [0.1, 0.15) is 22.3 Å². The van der Waals surface area contributed by atoms with E-state index in [1.165, 1.54) is 32.0 Å². The average molecular weight is 271 g/mol. The van der Waals surface area contributed by atoms with Crippen molar-refractivity contribution in [2.75, 3.05) is 6.54 Å². The quantitative estimate of drug-likeness (QED) is 0.899. The highest BCUT2D eigenvalue weighted by Crippen LogP contribution is 2.32. The summed E-state index contributed by atoms with van der Waals surface area (Å²) in [5, 5.41) is 0. The summed E-state index contributed by atoms with van der Waals surface area (Å²) in [4.78, 5) is 2.62. The monoisotopic (exact) mass is 271 g/mol. The van der Waals surface area contributed by atoms with E-state index in [1.807, 2.05) is 11.8 Å². The van der Waals surface area contributed by atoms with Crippen LogP contribution in [0.2, 0.25) is 0 Å². The van der Waals surface area contributed by atoms with Crippen LogP contribution in [0.15, 0.2) is 46.2 Å². The van der Waals surface area contributed by atoms with E-state index in [4.69, 9.17) is 5.73 Å². The standard InChI is InChI=1S/C17H21NS/c1-12-4-7-17(15(10-12)8-9-18)19-16-6-5-13(2)14(3)11-16/h4-7,10-11H,8-9,18H2,1-3H3. The van der Waals surface area contributed by atoms with E-state index in [9.17, 15) is 0 Å². The molecular weight excluding hydrogens is 250 g/mol. The van der Waals surface area contributed by atoms with Gasteiger partial charge in [-0.1, -0.05) is 35.5 Å². The van der Waals surface area contributed by atoms with Crippen molar-refractivity contribution < 1.29 is 0 Å². The fourth-order valence-electron chi connectivity index (χ4n) is 2.06. The molecule has 0 spiro atoms. The van der Waals surface area contributed by atoms with E-state index in [-0.39, 0.29) is 0 Å². The number of rotatable bonds is 4. The smallest absolute Gasteiger partial charge is 0.0155 e. The van der Waals surface area contributed by atoms with Gasteiger partial charge in [-0.25, -0.2) is 0 Å². The summed E-state index contributed by atoms with van der Waals surface area (Å²) in [7, 11) is 0. The SMILES string of the molecule is Cc1ccc(Sc2ccc(C)c(C)c2)c(CCN)c1. The van der Waals surface area contributed by atoms with Gasteiger partial charge < -0.3 is 5.73 Å². The van der Waals surface area contributed by atoms with Crippen molar-refractivity contribution in [1.29, 1.82) is 0 Å². The first-order chi connectivity index (χ1) is 9.10. The second-order valence-corrected chi connectivity index (χ2v) is 6.11. The van der Waals surface area contributed by atoms with Gasteiger partial charge in [0.05, 0.1) is 0 Å². The lowest BCUT2D eigenvalue weighted by atomic mass is 10.1. The summed E-state index contributed by atoms with van der Waals surface area (Å²) in [6.07, 6.45) is 0.939. The topological polar surface area (TPSA) is 26.0 Å². The molecule has 19 heavy (non-hydrogen) atoms. The molecular formula is C17H21NS. The molecule has 0 radical (unpaired) electrons. The predicted octanol–water partition coefficient (Wildman–Crippen LogP) is 4.26. The Morgan fingerprint density at radius 1 is 0.947 bits per heavy atom. The van der Waals surface area contributed by atoms with Crippen LogP contribution in [-0.4, -0.2) is 6.54 Å². The van der Waals surface area contributed by atoms with E-state index in [0.717, 1.165) is 6.42 Å². The Bertz CT molecular complexity index is 575. The zero-order valence-electron chi connectivity index (χ0n) is 11.9. The number of hydrogen-bond acceptors (Lipinski definition) is 2. The third-order valence-corrected chi connectivity index (χ3v) is 4.44. The van der Waals surface area contributed by atoms with Crippen LogP contribution in [0, 0.1) is 20.8 Å². The molecule has 0 aliphatic rings. The summed E-state index contributed by atoms with van der Waals surface area (Å²) >= 11 is 1.83. The maximum Gasteiger partial charge on any atom is 0.0155 e. The molecule has 0 heterocycles. The number of benzene rings is 2. The van der Waals surface area contributed by atoms with Gasteiger partial charge in [0.15, 0.2) is 0 Å². The second-order valence-electron chi connectivity index (χ2n) is 5.00. The molecule has 100 valence electrons. The van der Waals surface area contributed by atoms with Crippen LogP contribution in [0.25, 0.3) is 0 Å². The van der Waals surface area contributed by atoms with Crippen LogP contribution >= 0.6 is 11.8 Å². The van der Waals surface area contributed by atoms with E-state index in [2.05, 4.69) is 57.2 Å². The lowest BCUT2D eigenvalue weighted by Crippen LogP contribution is -2.04. The molecule has 0 fully saturated rings. The van der Waals surface area contributed by atoms with Crippen molar-refractivity contribution >= 4 is 11.8 Å². The molecule has 0 saturated heterocycles. The molecule has 0 aromatic heterocycles. The van der Waals surface area contributed by atoms with Crippen molar-refractivity contribution in [3.8, 4) is 0 Å². The fourth-order valence-corrected chi connectivity index (χ4v) is 3.12. The van der Waals surface area contributed by atoms with Crippen LogP contribution < -0.4 is 5.73 Å². The Morgan fingerprint density at radius 2 is 1.74 bits per heavy atom. The molecule has 0 aliphatic heterocycles. The van der Waals surface area contributed by atoms with E-state index in [0.29, 0.717) is 6.54 Å². The third-order valence-electron chi connectivity index (χ3n) is 3.34. The zero-order valence-corrected chi connectivity index (χ0v) is 12.7. The molecule has 0 atom stereocenters. The van der Waals surface area contributed by atoms with Crippen molar-refractivity contribution in [3.05, 3.63) is 58.7 Å². The Kier molecular flexibility index (Phi) is 4.67. The number of hydrogen-bond donors (Lipinski definition) is 1. The van der Waals surface area contributed by atoms with E-state index >= 15 is 0 Å². The Balaban J connectivity index is 2.29. The van der Waals surface area contributed by atoms with Gasteiger partial charge in [0.1, 0.15) is 0 Å². The normalized spacial score (nSPS) is 10.7. The molecule has 2 rings (SSSR count). The first kappa shape index (κ1) is 14.2. The summed E-state index contributed by atoms with van der Waals surface area (Å²) in [5.41, 5.74) is 11.0. The highest BCUT2D eigenvalue weighted by Gasteiger charge is 2.05. The fraction of sp³-hybridized carbons (Fsp3) is 0.294. The van der Waals surface area contributed by atoms with Crippen LogP contribution in [0.5, 0.6) is 0 Å². The first-order valence-electron chi connectivity index (χ1n) is 6.65. The zero-order chi connectivity index (χ0) is 13.8. The maximum absolute atomic E-state index is 5.71. The molecule has 2 aromatic carbocycles. The van der Waals surface area contributed by atoms with Gasteiger partial charge in [0.25, 0.3) is 0 Å². The van der Waals surface area contributed by atoms with E-state index < -0.39 is 0 Å². The van der Waals surface area contributed by atoms with Gasteiger partial charge >= 0.3 is 0 Å². The van der Waals surface area contributed by atoms with Crippen molar-refractivity contribution in [1.82, 2.24) is 0 Å². The minimum atomic E-state index is 0.698.